The molecule has 1 aromatic heterocycles. The van der Waals surface area contributed by atoms with Crippen LogP contribution < -0.4 is 10.5 Å². The summed E-state index contributed by atoms with van der Waals surface area (Å²) in [5.74, 6) is 0.655. The third-order valence-corrected chi connectivity index (χ3v) is 7.35. The van der Waals surface area contributed by atoms with Gasteiger partial charge in [0.25, 0.3) is 5.56 Å². The Balaban J connectivity index is 1.54. The Morgan fingerprint density at radius 2 is 1.57 bits per heavy atom. The van der Waals surface area contributed by atoms with Crippen molar-refractivity contribution < 1.29 is 8.42 Å². The van der Waals surface area contributed by atoms with Gasteiger partial charge in [-0.3, -0.25) is 4.79 Å². The van der Waals surface area contributed by atoms with E-state index in [0.717, 1.165) is 11.1 Å². The second kappa shape index (κ2) is 8.04. The summed E-state index contributed by atoms with van der Waals surface area (Å²) in [5.41, 5.74) is 2.16. The van der Waals surface area contributed by atoms with Crippen molar-refractivity contribution in [3.05, 3.63) is 82.1 Å². The monoisotopic (exact) mass is 424 g/mol. The predicted molar refractivity (Wildman–Crippen MR) is 117 cm³/mol. The molecule has 0 radical (unpaired) electrons. The molecule has 30 heavy (non-hydrogen) atoms. The van der Waals surface area contributed by atoms with Gasteiger partial charge in [-0.15, -0.1) is 5.10 Å². The molecule has 0 aliphatic carbocycles. The quantitative estimate of drug-likeness (QED) is 0.643. The van der Waals surface area contributed by atoms with Gasteiger partial charge in [0.05, 0.1) is 10.6 Å². The number of nitrogens with zero attached hydrogens (tertiary/aromatic N) is 4. The normalized spacial score (nSPS) is 15.3. The van der Waals surface area contributed by atoms with Crippen LogP contribution in [0.3, 0.4) is 0 Å². The van der Waals surface area contributed by atoms with Crippen molar-refractivity contribution >= 4 is 15.8 Å². The molecule has 1 saturated heterocycles. The van der Waals surface area contributed by atoms with E-state index in [0.29, 0.717) is 42.6 Å². The summed E-state index contributed by atoms with van der Waals surface area (Å²) in [6.07, 6.45) is 0. The molecule has 2 aromatic carbocycles. The highest BCUT2D eigenvalue weighted by Gasteiger charge is 2.30. The van der Waals surface area contributed by atoms with E-state index >= 15 is 0 Å². The van der Waals surface area contributed by atoms with Crippen molar-refractivity contribution in [2.75, 3.05) is 31.1 Å². The Morgan fingerprint density at radius 3 is 2.27 bits per heavy atom. The first-order valence-corrected chi connectivity index (χ1v) is 11.3. The maximum atomic E-state index is 13.1. The Kier molecular flexibility index (Phi) is 5.44. The predicted octanol–water partition coefficient (Wildman–Crippen LogP) is 2.36. The minimum atomic E-state index is -3.55. The molecule has 1 aliphatic heterocycles. The summed E-state index contributed by atoms with van der Waals surface area (Å²) < 4.78 is 29.2. The number of anilines is 1. The zero-order valence-electron chi connectivity index (χ0n) is 17.0. The standard InChI is InChI=1S/C22H24N4O3S/c1-17-8-9-18(2)20(16-17)30(28,29)25-14-12-24(13-15-25)21-10-11-22(27)26(23-21)19-6-4-3-5-7-19/h3-11,16H,12-15H2,1-2H3. The van der Waals surface area contributed by atoms with Gasteiger partial charge in [-0.25, -0.2) is 8.42 Å². The summed E-state index contributed by atoms with van der Waals surface area (Å²) in [6, 6.07) is 17.9. The number of sulfonamides is 1. The van der Waals surface area contributed by atoms with E-state index in [1.165, 1.54) is 15.1 Å². The van der Waals surface area contributed by atoms with E-state index in [9.17, 15) is 13.2 Å². The van der Waals surface area contributed by atoms with Gasteiger partial charge < -0.3 is 4.90 Å². The SMILES string of the molecule is Cc1ccc(C)c(S(=O)(=O)N2CCN(c3ccc(=O)n(-c4ccccc4)n3)CC2)c1. The maximum Gasteiger partial charge on any atom is 0.271 e. The molecule has 3 aromatic rings. The van der Waals surface area contributed by atoms with Gasteiger partial charge in [0.15, 0.2) is 0 Å². The molecule has 0 amide bonds. The third-order valence-electron chi connectivity index (χ3n) is 5.31. The number of benzene rings is 2. The van der Waals surface area contributed by atoms with Crippen molar-refractivity contribution in [2.24, 2.45) is 0 Å². The van der Waals surface area contributed by atoms with E-state index in [-0.39, 0.29) is 5.56 Å². The fraction of sp³-hybridized carbons (Fsp3) is 0.273. The van der Waals surface area contributed by atoms with Gasteiger partial charge in [0.1, 0.15) is 5.82 Å². The first-order valence-electron chi connectivity index (χ1n) is 9.84. The van der Waals surface area contributed by atoms with E-state index in [1.54, 1.807) is 12.1 Å². The van der Waals surface area contributed by atoms with Crippen LogP contribution in [0.4, 0.5) is 5.82 Å². The molecule has 0 saturated carbocycles. The van der Waals surface area contributed by atoms with Gasteiger partial charge >= 0.3 is 0 Å². The fourth-order valence-corrected chi connectivity index (χ4v) is 5.34. The summed E-state index contributed by atoms with van der Waals surface area (Å²) in [5, 5.41) is 4.50. The topological polar surface area (TPSA) is 75.5 Å². The molecule has 0 N–H and O–H groups in total. The molecule has 1 aliphatic rings. The molecular weight excluding hydrogens is 400 g/mol. The van der Waals surface area contributed by atoms with Crippen molar-refractivity contribution in [3.8, 4) is 5.69 Å². The summed E-state index contributed by atoms with van der Waals surface area (Å²) in [4.78, 5) is 14.6. The van der Waals surface area contributed by atoms with Gasteiger partial charge in [0.2, 0.25) is 10.0 Å². The smallest absolute Gasteiger partial charge is 0.271 e. The summed E-state index contributed by atoms with van der Waals surface area (Å²) in [6.45, 7) is 5.45. The van der Waals surface area contributed by atoms with Crippen LogP contribution in [0.15, 0.2) is 70.4 Å². The van der Waals surface area contributed by atoms with Crippen LogP contribution in [0.1, 0.15) is 11.1 Å². The first kappa shape index (κ1) is 20.3. The van der Waals surface area contributed by atoms with E-state index in [1.807, 2.05) is 61.2 Å². The number of piperazine rings is 1. The second-order valence-electron chi connectivity index (χ2n) is 7.44. The minimum absolute atomic E-state index is 0.207. The highest BCUT2D eigenvalue weighted by Crippen LogP contribution is 2.23. The van der Waals surface area contributed by atoms with E-state index < -0.39 is 10.0 Å². The molecule has 2 heterocycles. The second-order valence-corrected chi connectivity index (χ2v) is 9.34. The number of rotatable bonds is 4. The molecule has 1 fully saturated rings. The van der Waals surface area contributed by atoms with Crippen LogP contribution in [0.25, 0.3) is 5.69 Å². The zero-order valence-corrected chi connectivity index (χ0v) is 17.8. The molecule has 8 heteroatoms. The largest absolute Gasteiger partial charge is 0.353 e. The molecule has 0 atom stereocenters. The minimum Gasteiger partial charge on any atom is -0.353 e. The molecular formula is C22H24N4O3S. The average molecular weight is 425 g/mol. The average Bonchev–Trinajstić information content (AvgIpc) is 2.76. The van der Waals surface area contributed by atoms with E-state index in [2.05, 4.69) is 5.10 Å². The highest BCUT2D eigenvalue weighted by molar-refractivity contribution is 7.89. The van der Waals surface area contributed by atoms with Crippen LogP contribution in [-0.4, -0.2) is 48.7 Å². The molecule has 156 valence electrons. The lowest BCUT2D eigenvalue weighted by molar-refractivity contribution is 0.383. The molecule has 7 nitrogen and oxygen atoms in total. The van der Waals surface area contributed by atoms with E-state index in [4.69, 9.17) is 0 Å². The molecule has 0 unspecified atom stereocenters. The number of hydrogen-bond donors (Lipinski definition) is 0. The van der Waals surface area contributed by atoms with Crippen LogP contribution in [-0.2, 0) is 10.0 Å². The van der Waals surface area contributed by atoms with Crippen molar-refractivity contribution in [1.29, 1.82) is 0 Å². The first-order chi connectivity index (χ1) is 14.4. The Morgan fingerprint density at radius 1 is 0.867 bits per heavy atom. The van der Waals surface area contributed by atoms with Crippen molar-refractivity contribution in [2.45, 2.75) is 18.7 Å². The van der Waals surface area contributed by atoms with Gasteiger partial charge in [-0.2, -0.15) is 8.99 Å². The fourth-order valence-electron chi connectivity index (χ4n) is 3.61. The van der Waals surface area contributed by atoms with Crippen LogP contribution in [0.5, 0.6) is 0 Å². The third kappa shape index (κ3) is 3.88. The van der Waals surface area contributed by atoms with Gasteiger partial charge in [-0.05, 0) is 49.2 Å². The number of hydrogen-bond acceptors (Lipinski definition) is 5. The Labute approximate surface area is 176 Å². The number of para-hydroxylation sites is 1. The Hall–Kier alpha value is -2.97. The lowest BCUT2D eigenvalue weighted by atomic mass is 10.2. The van der Waals surface area contributed by atoms with Crippen LogP contribution >= 0.6 is 0 Å². The van der Waals surface area contributed by atoms with Crippen molar-refractivity contribution in [3.63, 3.8) is 0 Å². The van der Waals surface area contributed by atoms with Crippen LogP contribution in [0, 0.1) is 13.8 Å². The van der Waals surface area contributed by atoms with Crippen molar-refractivity contribution in [1.82, 2.24) is 14.1 Å². The number of aromatic nitrogens is 2. The Bertz CT molecular complexity index is 1210. The lowest BCUT2D eigenvalue weighted by Gasteiger charge is -2.35. The maximum absolute atomic E-state index is 13.1. The number of aryl methyl sites for hydroxylation is 2. The molecule has 4 rings (SSSR count). The van der Waals surface area contributed by atoms with Gasteiger partial charge in [-0.1, -0.05) is 30.3 Å². The molecule has 0 spiro atoms. The zero-order chi connectivity index (χ0) is 21.3. The molecule has 0 bridgehead atoms. The summed E-state index contributed by atoms with van der Waals surface area (Å²) in [7, 11) is -3.55. The highest BCUT2D eigenvalue weighted by atomic mass is 32.2. The lowest BCUT2D eigenvalue weighted by Crippen LogP contribution is -2.49. The van der Waals surface area contributed by atoms with Crippen LogP contribution in [0.2, 0.25) is 0 Å². The van der Waals surface area contributed by atoms with Gasteiger partial charge in [0, 0.05) is 32.2 Å². The summed E-state index contributed by atoms with van der Waals surface area (Å²) >= 11 is 0.